The minimum atomic E-state index is 0.0220. The number of carbonyl (C=O) groups is 1. The summed E-state index contributed by atoms with van der Waals surface area (Å²) in [5.41, 5.74) is 0.559. The van der Waals surface area contributed by atoms with Crippen molar-refractivity contribution >= 4 is 17.5 Å². The maximum atomic E-state index is 12.7. The van der Waals surface area contributed by atoms with E-state index in [1.807, 2.05) is 11.8 Å². The smallest absolute Gasteiger partial charge is 0.257 e. The summed E-state index contributed by atoms with van der Waals surface area (Å²) < 4.78 is 5.27. The van der Waals surface area contributed by atoms with Gasteiger partial charge in [-0.05, 0) is 38.0 Å². The van der Waals surface area contributed by atoms with E-state index in [0.717, 1.165) is 19.4 Å². The molecule has 1 amide bonds. The van der Waals surface area contributed by atoms with Crippen molar-refractivity contribution in [1.82, 2.24) is 4.90 Å². The van der Waals surface area contributed by atoms with Crippen molar-refractivity contribution in [3.05, 3.63) is 28.8 Å². The first-order chi connectivity index (χ1) is 9.17. The Kier molecular flexibility index (Phi) is 4.70. The van der Waals surface area contributed by atoms with Gasteiger partial charge in [0.2, 0.25) is 0 Å². The van der Waals surface area contributed by atoms with Crippen LogP contribution < -0.4 is 4.74 Å². The molecule has 0 aliphatic heterocycles. The summed E-state index contributed by atoms with van der Waals surface area (Å²) in [6.07, 6.45) is 4.62. The summed E-state index contributed by atoms with van der Waals surface area (Å²) in [5, 5.41) is 0.562. The van der Waals surface area contributed by atoms with Crippen molar-refractivity contribution in [2.75, 3.05) is 13.7 Å². The van der Waals surface area contributed by atoms with Crippen molar-refractivity contribution in [3.8, 4) is 5.75 Å². The second-order valence-corrected chi connectivity index (χ2v) is 5.31. The Bertz CT molecular complexity index is 455. The molecule has 0 N–H and O–H groups in total. The van der Waals surface area contributed by atoms with E-state index in [0.29, 0.717) is 22.4 Å². The molecule has 1 saturated carbocycles. The third kappa shape index (κ3) is 3.03. The number of benzene rings is 1. The number of rotatable bonds is 4. The van der Waals surface area contributed by atoms with E-state index < -0.39 is 0 Å². The van der Waals surface area contributed by atoms with Gasteiger partial charge in [0.1, 0.15) is 5.75 Å². The third-order valence-corrected chi connectivity index (χ3v) is 3.99. The average Bonchev–Trinajstić information content (AvgIpc) is 2.93. The standard InChI is InChI=1S/C15H20ClNO2/c1-3-17(12-6-4-5-7-12)15(18)13-10-11(16)8-9-14(13)19-2/h8-10,12H,3-7H2,1-2H3. The fraction of sp³-hybridized carbons (Fsp3) is 0.533. The van der Waals surface area contributed by atoms with Crippen LogP contribution in [0.15, 0.2) is 18.2 Å². The zero-order valence-corrected chi connectivity index (χ0v) is 12.2. The van der Waals surface area contributed by atoms with Crippen LogP contribution in [0.25, 0.3) is 0 Å². The van der Waals surface area contributed by atoms with E-state index in [-0.39, 0.29) is 5.91 Å². The highest BCUT2D eigenvalue weighted by Gasteiger charge is 2.27. The van der Waals surface area contributed by atoms with Crippen LogP contribution >= 0.6 is 11.6 Å². The molecule has 2 rings (SSSR count). The van der Waals surface area contributed by atoms with Crippen LogP contribution in [0, 0.1) is 0 Å². The first kappa shape index (κ1) is 14.2. The average molecular weight is 282 g/mol. The Morgan fingerprint density at radius 2 is 2.11 bits per heavy atom. The normalized spacial score (nSPS) is 15.5. The molecule has 19 heavy (non-hydrogen) atoms. The van der Waals surface area contributed by atoms with Crippen molar-refractivity contribution < 1.29 is 9.53 Å². The second-order valence-electron chi connectivity index (χ2n) is 4.87. The highest BCUT2D eigenvalue weighted by Crippen LogP contribution is 2.28. The Hall–Kier alpha value is -1.22. The predicted octanol–water partition coefficient (Wildman–Crippen LogP) is 3.75. The zero-order valence-electron chi connectivity index (χ0n) is 11.5. The van der Waals surface area contributed by atoms with Gasteiger partial charge in [-0.1, -0.05) is 24.4 Å². The molecular weight excluding hydrogens is 262 g/mol. The predicted molar refractivity (Wildman–Crippen MR) is 77.0 cm³/mol. The molecule has 0 radical (unpaired) electrons. The van der Waals surface area contributed by atoms with Gasteiger partial charge in [0.15, 0.2) is 0 Å². The van der Waals surface area contributed by atoms with Gasteiger partial charge >= 0.3 is 0 Å². The molecule has 0 spiro atoms. The van der Waals surface area contributed by atoms with Crippen LogP contribution in [0.3, 0.4) is 0 Å². The van der Waals surface area contributed by atoms with Crippen LogP contribution in [-0.2, 0) is 0 Å². The summed E-state index contributed by atoms with van der Waals surface area (Å²) >= 11 is 6.00. The maximum Gasteiger partial charge on any atom is 0.257 e. The Morgan fingerprint density at radius 3 is 2.68 bits per heavy atom. The molecule has 0 unspecified atom stereocenters. The topological polar surface area (TPSA) is 29.5 Å². The molecule has 1 aliphatic carbocycles. The first-order valence-electron chi connectivity index (χ1n) is 6.82. The Morgan fingerprint density at radius 1 is 1.42 bits per heavy atom. The highest BCUT2D eigenvalue weighted by atomic mass is 35.5. The van der Waals surface area contributed by atoms with E-state index in [1.165, 1.54) is 12.8 Å². The second kappa shape index (κ2) is 6.29. The van der Waals surface area contributed by atoms with Gasteiger partial charge < -0.3 is 9.64 Å². The van der Waals surface area contributed by atoms with Gasteiger partial charge in [0.05, 0.1) is 12.7 Å². The zero-order chi connectivity index (χ0) is 13.8. The van der Waals surface area contributed by atoms with Gasteiger partial charge in [0, 0.05) is 17.6 Å². The van der Waals surface area contributed by atoms with E-state index >= 15 is 0 Å². The minimum absolute atomic E-state index is 0.0220. The summed E-state index contributed by atoms with van der Waals surface area (Å²) in [6, 6.07) is 5.54. The lowest BCUT2D eigenvalue weighted by Crippen LogP contribution is -2.38. The molecule has 3 nitrogen and oxygen atoms in total. The van der Waals surface area contributed by atoms with E-state index in [4.69, 9.17) is 16.3 Å². The van der Waals surface area contributed by atoms with Crippen molar-refractivity contribution in [2.24, 2.45) is 0 Å². The number of hydrogen-bond acceptors (Lipinski definition) is 2. The van der Waals surface area contributed by atoms with Gasteiger partial charge in [-0.15, -0.1) is 0 Å². The number of methoxy groups -OCH3 is 1. The summed E-state index contributed by atoms with van der Waals surface area (Å²) in [7, 11) is 1.58. The van der Waals surface area contributed by atoms with Crippen LogP contribution in [0.4, 0.5) is 0 Å². The monoisotopic (exact) mass is 281 g/mol. The van der Waals surface area contributed by atoms with Crippen LogP contribution in [0.2, 0.25) is 5.02 Å². The van der Waals surface area contributed by atoms with E-state index in [1.54, 1.807) is 25.3 Å². The van der Waals surface area contributed by atoms with Crippen molar-refractivity contribution in [3.63, 3.8) is 0 Å². The molecule has 0 bridgehead atoms. The molecular formula is C15H20ClNO2. The molecule has 1 fully saturated rings. The SMILES string of the molecule is CCN(C(=O)c1cc(Cl)ccc1OC)C1CCCC1. The van der Waals surface area contributed by atoms with Gasteiger partial charge in [-0.25, -0.2) is 0 Å². The van der Waals surface area contributed by atoms with Crippen LogP contribution in [0.5, 0.6) is 5.75 Å². The number of halogens is 1. The fourth-order valence-corrected chi connectivity index (χ4v) is 2.96. The van der Waals surface area contributed by atoms with Crippen molar-refractivity contribution in [1.29, 1.82) is 0 Å². The van der Waals surface area contributed by atoms with Crippen LogP contribution in [-0.4, -0.2) is 30.5 Å². The van der Waals surface area contributed by atoms with Crippen LogP contribution in [0.1, 0.15) is 43.0 Å². The molecule has 1 aromatic rings. The number of hydrogen-bond donors (Lipinski definition) is 0. The largest absolute Gasteiger partial charge is 0.496 e. The van der Waals surface area contributed by atoms with E-state index in [9.17, 15) is 4.79 Å². The van der Waals surface area contributed by atoms with Gasteiger partial charge in [0.25, 0.3) is 5.91 Å². The lowest BCUT2D eigenvalue weighted by molar-refractivity contribution is 0.0690. The van der Waals surface area contributed by atoms with Gasteiger partial charge in [-0.3, -0.25) is 4.79 Å². The third-order valence-electron chi connectivity index (χ3n) is 3.76. The molecule has 0 atom stereocenters. The molecule has 104 valence electrons. The minimum Gasteiger partial charge on any atom is -0.496 e. The molecule has 1 aliphatic rings. The van der Waals surface area contributed by atoms with Crippen molar-refractivity contribution in [2.45, 2.75) is 38.6 Å². The Balaban J connectivity index is 2.28. The number of carbonyl (C=O) groups excluding carboxylic acids is 1. The summed E-state index contributed by atoms with van der Waals surface area (Å²) in [6.45, 7) is 2.74. The van der Waals surface area contributed by atoms with E-state index in [2.05, 4.69) is 0 Å². The lowest BCUT2D eigenvalue weighted by Gasteiger charge is -2.28. The molecule has 0 saturated heterocycles. The lowest BCUT2D eigenvalue weighted by atomic mass is 10.1. The summed E-state index contributed by atoms with van der Waals surface area (Å²) in [5.74, 6) is 0.611. The number of nitrogens with zero attached hydrogens (tertiary/aromatic N) is 1. The quantitative estimate of drug-likeness (QED) is 0.841. The first-order valence-corrected chi connectivity index (χ1v) is 7.19. The number of amides is 1. The highest BCUT2D eigenvalue weighted by molar-refractivity contribution is 6.31. The molecule has 0 aromatic heterocycles. The maximum absolute atomic E-state index is 12.7. The molecule has 0 heterocycles. The molecule has 1 aromatic carbocycles. The van der Waals surface area contributed by atoms with Gasteiger partial charge in [-0.2, -0.15) is 0 Å². The Labute approximate surface area is 119 Å². The molecule has 4 heteroatoms. The number of ether oxygens (including phenoxy) is 1. The fourth-order valence-electron chi connectivity index (χ4n) is 2.79. The summed E-state index contributed by atoms with van der Waals surface area (Å²) in [4.78, 5) is 14.6.